The van der Waals surface area contributed by atoms with E-state index in [0.29, 0.717) is 5.11 Å². The summed E-state index contributed by atoms with van der Waals surface area (Å²) in [6.07, 6.45) is 3.73. The van der Waals surface area contributed by atoms with Gasteiger partial charge in [0.25, 0.3) is 0 Å². The number of halogens is 2. The second-order valence-corrected chi connectivity index (χ2v) is 8.53. The molecule has 2 atom stereocenters. The summed E-state index contributed by atoms with van der Waals surface area (Å²) in [6.45, 7) is 2.06. The number of hydrogen-bond donors (Lipinski definition) is 1. The third kappa shape index (κ3) is 3.66. The van der Waals surface area contributed by atoms with Gasteiger partial charge in [-0.3, -0.25) is 4.98 Å². The number of hydrogen-bond acceptors (Lipinski definition) is 2. The molecule has 2 aromatic heterocycles. The molecule has 0 bridgehead atoms. The van der Waals surface area contributed by atoms with Crippen LogP contribution in [0.25, 0.3) is 5.69 Å². The van der Waals surface area contributed by atoms with Gasteiger partial charge in [-0.15, -0.1) is 0 Å². The quantitative estimate of drug-likeness (QED) is 0.369. The summed E-state index contributed by atoms with van der Waals surface area (Å²) in [5.41, 5.74) is 4.81. The third-order valence-corrected chi connectivity index (χ3v) is 6.28. The zero-order valence-electron chi connectivity index (χ0n) is 17.2. The zero-order chi connectivity index (χ0) is 22.2. The fourth-order valence-electron chi connectivity index (χ4n) is 4.14. The minimum atomic E-state index is -0.444. The fraction of sp³-hybridized carbons (Fsp3) is 0.120. The first-order valence-electron chi connectivity index (χ1n) is 10.2. The highest BCUT2D eigenvalue weighted by atomic mass is 35.5. The molecule has 160 valence electrons. The zero-order valence-corrected chi connectivity index (χ0v) is 18.8. The third-order valence-electron chi connectivity index (χ3n) is 5.67. The minimum Gasteiger partial charge on any atom is -0.351 e. The van der Waals surface area contributed by atoms with Crippen molar-refractivity contribution in [3.05, 3.63) is 113 Å². The number of rotatable bonds is 4. The Bertz CT molecular complexity index is 1270. The van der Waals surface area contributed by atoms with E-state index < -0.39 is 5.82 Å². The summed E-state index contributed by atoms with van der Waals surface area (Å²) in [4.78, 5) is 6.71. The highest BCUT2D eigenvalue weighted by Crippen LogP contribution is 2.42. The summed E-state index contributed by atoms with van der Waals surface area (Å²) < 4.78 is 15.8. The molecule has 0 amide bonds. The normalized spacial score (nSPS) is 18.1. The molecule has 4 aromatic rings. The Labute approximate surface area is 196 Å². The smallest absolute Gasteiger partial charge is 0.174 e. The maximum atomic E-state index is 13.8. The van der Waals surface area contributed by atoms with E-state index in [-0.39, 0.29) is 17.1 Å². The van der Waals surface area contributed by atoms with Gasteiger partial charge in [0.05, 0.1) is 16.8 Å². The maximum Gasteiger partial charge on any atom is 0.174 e. The van der Waals surface area contributed by atoms with Gasteiger partial charge in [0.1, 0.15) is 11.9 Å². The van der Waals surface area contributed by atoms with Crippen LogP contribution in [0.2, 0.25) is 5.02 Å². The molecule has 0 saturated carbocycles. The second-order valence-electron chi connectivity index (χ2n) is 7.73. The number of pyridine rings is 1. The number of thiocarbonyl (C=S) groups is 1. The average Bonchev–Trinajstić information content (AvgIpc) is 3.41. The van der Waals surface area contributed by atoms with Crippen molar-refractivity contribution in [1.82, 2.24) is 14.9 Å². The van der Waals surface area contributed by atoms with Crippen molar-refractivity contribution in [2.75, 3.05) is 4.90 Å². The second kappa shape index (κ2) is 8.37. The van der Waals surface area contributed by atoms with Crippen LogP contribution in [0.5, 0.6) is 0 Å². The molecular weight excluding hydrogens is 443 g/mol. The standard InChI is InChI=1S/C25H20ClFN4S/c1-16-7-9-17(10-8-16)31-24(23(29-25(31)32)21-5-2-3-13-28-21)22-6-4-14-30(22)18-11-12-20(27)19(26)15-18/h2-15,23-24H,1H3,(H,29,32)/t23-,24-/m0/s1. The Morgan fingerprint density at radius 2 is 1.78 bits per heavy atom. The van der Waals surface area contributed by atoms with E-state index in [1.165, 1.54) is 11.6 Å². The van der Waals surface area contributed by atoms with E-state index in [4.69, 9.17) is 23.8 Å². The van der Waals surface area contributed by atoms with E-state index in [1.807, 2.05) is 35.0 Å². The van der Waals surface area contributed by atoms with Crippen molar-refractivity contribution in [3.63, 3.8) is 0 Å². The van der Waals surface area contributed by atoms with Gasteiger partial charge in [-0.05, 0) is 73.7 Å². The Hall–Kier alpha value is -3.22. The molecule has 0 unspecified atom stereocenters. The van der Waals surface area contributed by atoms with E-state index in [9.17, 15) is 4.39 Å². The molecule has 5 rings (SSSR count). The van der Waals surface area contributed by atoms with Crippen LogP contribution in [0, 0.1) is 12.7 Å². The summed E-state index contributed by atoms with van der Waals surface area (Å²) in [6, 6.07) is 22.5. The van der Waals surface area contributed by atoms with Crippen LogP contribution in [0.15, 0.2) is 85.2 Å². The molecule has 0 radical (unpaired) electrons. The lowest BCUT2D eigenvalue weighted by molar-refractivity contribution is 0.549. The van der Waals surface area contributed by atoms with Gasteiger partial charge in [0, 0.05) is 29.5 Å². The van der Waals surface area contributed by atoms with E-state index in [2.05, 4.69) is 52.5 Å². The topological polar surface area (TPSA) is 33.1 Å². The van der Waals surface area contributed by atoms with E-state index in [0.717, 1.165) is 22.8 Å². The van der Waals surface area contributed by atoms with Crippen LogP contribution in [-0.2, 0) is 0 Å². The van der Waals surface area contributed by atoms with Gasteiger partial charge in [-0.1, -0.05) is 35.4 Å². The summed E-state index contributed by atoms with van der Waals surface area (Å²) in [7, 11) is 0. The van der Waals surface area contributed by atoms with E-state index >= 15 is 0 Å². The first kappa shape index (κ1) is 20.7. The SMILES string of the molecule is Cc1ccc(N2C(=S)N[C@@H](c3ccccn3)[C@@H]2c2cccn2-c2ccc(F)c(Cl)c2)cc1. The van der Waals surface area contributed by atoms with Gasteiger partial charge < -0.3 is 14.8 Å². The minimum absolute atomic E-state index is 0.0823. The van der Waals surface area contributed by atoms with Crippen molar-refractivity contribution in [3.8, 4) is 5.69 Å². The number of aromatic nitrogens is 2. The van der Waals surface area contributed by atoms with Crippen LogP contribution in [0.4, 0.5) is 10.1 Å². The molecule has 3 heterocycles. The number of benzene rings is 2. The fourth-order valence-corrected chi connectivity index (χ4v) is 4.66. The number of aryl methyl sites for hydroxylation is 1. The number of nitrogens with zero attached hydrogens (tertiary/aromatic N) is 3. The molecule has 0 aliphatic carbocycles. The Balaban J connectivity index is 1.67. The highest BCUT2D eigenvalue weighted by molar-refractivity contribution is 7.80. The molecule has 1 N–H and O–H groups in total. The number of anilines is 1. The molecule has 1 fully saturated rings. The summed E-state index contributed by atoms with van der Waals surface area (Å²) in [5, 5.41) is 4.17. The molecule has 7 heteroatoms. The van der Waals surface area contributed by atoms with Crippen molar-refractivity contribution in [2.45, 2.75) is 19.0 Å². The van der Waals surface area contributed by atoms with Crippen LogP contribution in [0.1, 0.15) is 29.0 Å². The van der Waals surface area contributed by atoms with Gasteiger partial charge in [-0.25, -0.2) is 4.39 Å². The Kier molecular flexibility index (Phi) is 5.41. The first-order valence-corrected chi connectivity index (χ1v) is 11.0. The van der Waals surface area contributed by atoms with Crippen LogP contribution >= 0.6 is 23.8 Å². The van der Waals surface area contributed by atoms with Gasteiger partial charge in [0.2, 0.25) is 0 Å². The Morgan fingerprint density at radius 3 is 2.50 bits per heavy atom. The van der Waals surface area contributed by atoms with Crippen LogP contribution < -0.4 is 10.2 Å². The molecule has 4 nitrogen and oxygen atoms in total. The first-order chi connectivity index (χ1) is 15.5. The molecular formula is C25H20ClFN4S. The van der Waals surface area contributed by atoms with Crippen molar-refractivity contribution < 1.29 is 4.39 Å². The van der Waals surface area contributed by atoms with Crippen molar-refractivity contribution in [2.24, 2.45) is 0 Å². The molecule has 2 aromatic carbocycles. The van der Waals surface area contributed by atoms with Gasteiger partial charge in [-0.2, -0.15) is 0 Å². The predicted molar refractivity (Wildman–Crippen MR) is 130 cm³/mol. The van der Waals surface area contributed by atoms with E-state index in [1.54, 1.807) is 18.3 Å². The molecule has 1 aliphatic heterocycles. The summed E-state index contributed by atoms with van der Waals surface area (Å²) in [5.74, 6) is -0.444. The van der Waals surface area contributed by atoms with Crippen LogP contribution in [-0.4, -0.2) is 14.7 Å². The highest BCUT2D eigenvalue weighted by Gasteiger charge is 2.42. The van der Waals surface area contributed by atoms with Crippen molar-refractivity contribution in [1.29, 1.82) is 0 Å². The number of nitrogens with one attached hydrogen (secondary N) is 1. The molecule has 1 saturated heterocycles. The van der Waals surface area contributed by atoms with Gasteiger partial charge in [0.15, 0.2) is 5.11 Å². The summed E-state index contributed by atoms with van der Waals surface area (Å²) >= 11 is 11.9. The lowest BCUT2D eigenvalue weighted by atomic mass is 10.0. The molecule has 0 spiro atoms. The average molecular weight is 463 g/mol. The largest absolute Gasteiger partial charge is 0.351 e. The lowest BCUT2D eigenvalue weighted by Crippen LogP contribution is -2.30. The maximum absolute atomic E-state index is 13.8. The molecule has 1 aliphatic rings. The van der Waals surface area contributed by atoms with Crippen LogP contribution in [0.3, 0.4) is 0 Å². The lowest BCUT2D eigenvalue weighted by Gasteiger charge is -2.29. The Morgan fingerprint density at radius 1 is 1.00 bits per heavy atom. The van der Waals surface area contributed by atoms with Gasteiger partial charge >= 0.3 is 0 Å². The molecule has 32 heavy (non-hydrogen) atoms. The predicted octanol–water partition coefficient (Wildman–Crippen LogP) is 6.15. The van der Waals surface area contributed by atoms with Crippen molar-refractivity contribution >= 4 is 34.6 Å². The monoisotopic (exact) mass is 462 g/mol.